The van der Waals surface area contributed by atoms with Crippen LogP contribution in [0.1, 0.15) is 69.5 Å². The molecular formula is C61H54F3N6O5P. The first-order valence-electron chi connectivity index (χ1n) is 25.3. The van der Waals surface area contributed by atoms with Gasteiger partial charge in [-0.15, -0.1) is 0 Å². The van der Waals surface area contributed by atoms with Crippen LogP contribution in [0, 0.1) is 0 Å². The van der Waals surface area contributed by atoms with E-state index in [0.29, 0.717) is 36.0 Å². The van der Waals surface area contributed by atoms with Gasteiger partial charge in [0.25, 0.3) is 0 Å². The Morgan fingerprint density at radius 2 is 1.26 bits per heavy atom. The lowest BCUT2D eigenvalue weighted by molar-refractivity contribution is -0.137. The Kier molecular flexibility index (Phi) is 13.7. The number of likely N-dealkylation sites (tertiary alicyclic amines) is 1. The number of hydrogen-bond acceptors (Lipinski definition) is 9. The highest BCUT2D eigenvalue weighted by Crippen LogP contribution is 2.47. The summed E-state index contributed by atoms with van der Waals surface area (Å²) in [5, 5.41) is 6.17. The van der Waals surface area contributed by atoms with E-state index in [1.165, 1.54) is 11.1 Å². The molecule has 0 saturated carbocycles. The number of piperidine rings is 1. The first-order chi connectivity index (χ1) is 36.8. The van der Waals surface area contributed by atoms with Gasteiger partial charge in [-0.1, -0.05) is 133 Å². The van der Waals surface area contributed by atoms with Gasteiger partial charge >= 0.3 is 18.4 Å². The van der Waals surface area contributed by atoms with Gasteiger partial charge in [0, 0.05) is 53.7 Å². The number of nitrogens with one attached hydrogen (secondary N) is 2. The predicted molar refractivity (Wildman–Crippen MR) is 292 cm³/mol. The van der Waals surface area contributed by atoms with Gasteiger partial charge in [0.2, 0.25) is 5.95 Å². The highest BCUT2D eigenvalue weighted by atomic mass is 31.2. The van der Waals surface area contributed by atoms with Crippen molar-refractivity contribution in [3.05, 3.63) is 215 Å². The molecule has 2 N–H and O–H groups in total. The molecule has 11 rings (SSSR count). The summed E-state index contributed by atoms with van der Waals surface area (Å²) in [6.45, 7) is 4.57. The van der Waals surface area contributed by atoms with Crippen molar-refractivity contribution in [3.8, 4) is 22.3 Å². The molecule has 15 heteroatoms. The lowest BCUT2D eigenvalue weighted by Gasteiger charge is -2.33. The zero-order valence-electron chi connectivity index (χ0n) is 41.8. The molecule has 1 aliphatic heterocycles. The topological polar surface area (TPSA) is 126 Å². The van der Waals surface area contributed by atoms with Gasteiger partial charge in [0.1, 0.15) is 31.7 Å². The molecule has 76 heavy (non-hydrogen) atoms. The minimum absolute atomic E-state index is 0.0261. The van der Waals surface area contributed by atoms with Gasteiger partial charge in [-0.3, -0.25) is 4.90 Å². The first kappa shape index (κ1) is 50.0. The molecule has 7 aromatic carbocycles. The number of fused-ring (bicyclic) bond motifs is 6. The number of halogens is 3. The molecule has 11 nitrogen and oxygen atoms in total. The highest BCUT2D eigenvalue weighted by molar-refractivity contribution is 7.70. The van der Waals surface area contributed by atoms with Crippen molar-refractivity contribution in [2.75, 3.05) is 55.2 Å². The lowest BCUT2D eigenvalue weighted by atomic mass is 9.90. The molecule has 8 aromatic rings. The Morgan fingerprint density at radius 1 is 0.697 bits per heavy atom. The number of nitrogens with zero attached hydrogens (tertiary/aromatic N) is 4. The molecule has 0 bridgehead atoms. The maximum atomic E-state index is 14.6. The molecule has 1 atom stereocenters. The third kappa shape index (κ3) is 10.3. The second-order valence-corrected chi connectivity index (χ2v) is 23.0. The van der Waals surface area contributed by atoms with Crippen molar-refractivity contribution in [1.82, 2.24) is 14.9 Å². The average molecular weight is 1040 g/mol. The number of alkyl halides is 3. The largest absolute Gasteiger partial charge is 0.448 e. The van der Waals surface area contributed by atoms with E-state index in [1.807, 2.05) is 84.9 Å². The molecule has 3 aliphatic rings. The third-order valence-corrected chi connectivity index (χ3v) is 16.2. The van der Waals surface area contributed by atoms with Gasteiger partial charge in [0.05, 0.1) is 12.2 Å². The number of anilines is 5. The number of carbonyl (C=O) groups excluding carboxylic acids is 2. The van der Waals surface area contributed by atoms with Crippen molar-refractivity contribution < 1.29 is 36.8 Å². The van der Waals surface area contributed by atoms with E-state index in [2.05, 4.69) is 69.1 Å². The number of carbonyl (C=O) groups is 2. The molecule has 2 aliphatic carbocycles. The number of para-hydroxylation sites is 1. The van der Waals surface area contributed by atoms with E-state index in [-0.39, 0.29) is 55.2 Å². The second-order valence-electron chi connectivity index (χ2n) is 19.8. The van der Waals surface area contributed by atoms with Crippen LogP contribution in [0.5, 0.6) is 0 Å². The van der Waals surface area contributed by atoms with Crippen molar-refractivity contribution in [2.24, 2.45) is 0 Å². The molecule has 1 fully saturated rings. The number of amides is 2. The summed E-state index contributed by atoms with van der Waals surface area (Å²) in [5.41, 5.74) is 11.0. The summed E-state index contributed by atoms with van der Waals surface area (Å²) in [5.74, 6) is -0.847. The van der Waals surface area contributed by atoms with E-state index in [0.717, 1.165) is 57.3 Å². The Bertz CT molecular complexity index is 3440. The molecular weight excluding hydrogens is 985 g/mol. The summed E-state index contributed by atoms with van der Waals surface area (Å²) < 4.78 is 68.2. The number of rotatable bonds is 13. The van der Waals surface area contributed by atoms with Crippen LogP contribution in [0.4, 0.5) is 51.6 Å². The van der Waals surface area contributed by atoms with Gasteiger partial charge in [-0.05, 0) is 118 Å². The fourth-order valence-electron chi connectivity index (χ4n) is 10.9. The number of hydrogen-bond donors (Lipinski definition) is 2. The molecule has 2 amide bonds. The highest BCUT2D eigenvalue weighted by Gasteiger charge is 2.37. The molecule has 0 radical (unpaired) electrons. The van der Waals surface area contributed by atoms with Crippen molar-refractivity contribution in [2.45, 2.75) is 43.3 Å². The smallest absolute Gasteiger partial charge is 0.421 e. The van der Waals surface area contributed by atoms with Crippen LogP contribution in [0.15, 0.2) is 176 Å². The van der Waals surface area contributed by atoms with Gasteiger partial charge < -0.3 is 29.6 Å². The number of aromatic nitrogens is 2. The maximum Gasteiger partial charge on any atom is 0.421 e. The van der Waals surface area contributed by atoms with Crippen LogP contribution in [-0.2, 0) is 26.8 Å². The van der Waals surface area contributed by atoms with Crippen molar-refractivity contribution in [1.29, 1.82) is 0 Å². The van der Waals surface area contributed by atoms with Gasteiger partial charge in [-0.25, -0.2) is 14.6 Å². The summed E-state index contributed by atoms with van der Waals surface area (Å²) >= 11 is 0. The Labute approximate surface area is 439 Å². The monoisotopic (exact) mass is 1040 g/mol. The Morgan fingerprint density at radius 3 is 1.86 bits per heavy atom. The van der Waals surface area contributed by atoms with Crippen molar-refractivity contribution >= 4 is 53.5 Å². The molecule has 0 spiro atoms. The zero-order chi connectivity index (χ0) is 52.6. The van der Waals surface area contributed by atoms with Gasteiger partial charge in [-0.2, -0.15) is 18.2 Å². The van der Waals surface area contributed by atoms with E-state index in [9.17, 15) is 27.3 Å². The molecule has 384 valence electrons. The van der Waals surface area contributed by atoms with Crippen molar-refractivity contribution in [3.63, 3.8) is 0 Å². The quantitative estimate of drug-likeness (QED) is 0.109. The SMILES string of the molecule is CP(C)(=O)c1ccccc1Nc1nc(Nc2ccc(CN(C(=O)OCC3c4ccccc4-c4ccccc43)c3cccc(C4CCCN(C(=O)OCC5c6ccccc6-c6ccccc65)C4)c3)cc2)ncc1C(F)(F)F. The predicted octanol–water partition coefficient (Wildman–Crippen LogP) is 14.3. The summed E-state index contributed by atoms with van der Waals surface area (Å²) in [7, 11) is -2.88. The average Bonchev–Trinajstić information content (AvgIpc) is 3.99. The normalized spacial score (nSPS) is 15.0. The van der Waals surface area contributed by atoms with Crippen LogP contribution in [0.3, 0.4) is 0 Å². The Hall–Kier alpha value is -8.22. The van der Waals surface area contributed by atoms with Crippen LogP contribution in [0.25, 0.3) is 22.3 Å². The van der Waals surface area contributed by atoms with Crippen LogP contribution in [0.2, 0.25) is 0 Å². The Balaban J connectivity index is 0.826. The summed E-state index contributed by atoms with van der Waals surface area (Å²) in [4.78, 5) is 40.1. The molecule has 1 aromatic heterocycles. The fraction of sp³-hybridized carbons (Fsp3) is 0.213. The molecule has 2 heterocycles. The van der Waals surface area contributed by atoms with Gasteiger partial charge in [0.15, 0.2) is 0 Å². The third-order valence-electron chi connectivity index (χ3n) is 14.6. The molecule has 1 unspecified atom stereocenters. The summed E-state index contributed by atoms with van der Waals surface area (Å²) in [6, 6.07) is 54.3. The molecule has 1 saturated heterocycles. The number of ether oxygens (including phenoxy) is 2. The minimum atomic E-state index is -4.78. The summed E-state index contributed by atoms with van der Waals surface area (Å²) in [6.07, 6.45) is -3.36. The minimum Gasteiger partial charge on any atom is -0.448 e. The second kappa shape index (κ2) is 20.8. The first-order valence-corrected chi connectivity index (χ1v) is 27.9. The van der Waals surface area contributed by atoms with E-state index in [1.54, 1.807) is 59.5 Å². The van der Waals surface area contributed by atoms with E-state index < -0.39 is 30.8 Å². The van der Waals surface area contributed by atoms with Crippen LogP contribution in [-0.4, -0.2) is 66.7 Å². The number of benzene rings is 7. The maximum absolute atomic E-state index is 14.6. The van der Waals surface area contributed by atoms with E-state index >= 15 is 0 Å². The standard InChI is InChI=1S/C61H54F3N6O5P/c1-76(2,73)56-27-12-11-26-55(56)67-57-54(61(62,63)64)34-65-58(68-57)66-42-30-28-39(29-31-42)35-70(60(72)75-38-53-50-24-9-5-20-46(50)47-21-6-10-25-51(47)53)43-17-13-15-40(33-43)41-16-14-32-69(36-41)59(71)74-37-52-48-22-7-3-18-44(48)45-19-4-8-23-49(45)52/h3-13,15,17-31,33-34,41,52-53H,14,16,32,35-38H2,1-2H3,(H2,65,66,67,68). The fourth-order valence-corrected chi connectivity index (χ4v) is 12.1. The van der Waals surface area contributed by atoms with E-state index in [4.69, 9.17) is 9.47 Å². The van der Waals surface area contributed by atoms with Crippen LogP contribution < -0.4 is 20.8 Å². The van der Waals surface area contributed by atoms with Crippen LogP contribution >= 0.6 is 7.14 Å². The zero-order valence-corrected chi connectivity index (χ0v) is 42.7. The lowest BCUT2D eigenvalue weighted by Crippen LogP contribution is -2.40.